The SMILES string of the molecule is C=C=CC(CC)C(C)=C=CCC(=CC)C(=CC(C)C1C=C(C#CCC)C=CC1)C(=C)C. The predicted molar refractivity (Wildman–Crippen MR) is 139 cm³/mol. The van der Waals surface area contributed by atoms with Crippen LogP contribution in [0.4, 0.5) is 0 Å². The van der Waals surface area contributed by atoms with Gasteiger partial charge in [-0.3, -0.25) is 0 Å². The molecule has 3 unspecified atom stereocenters. The van der Waals surface area contributed by atoms with Crippen molar-refractivity contribution in [2.24, 2.45) is 17.8 Å². The van der Waals surface area contributed by atoms with Crippen LogP contribution in [0.2, 0.25) is 0 Å². The maximum Gasteiger partial charge on any atom is 0.0205 e. The third-order valence-corrected chi connectivity index (χ3v) is 5.73. The molecule has 0 fully saturated rings. The fourth-order valence-corrected chi connectivity index (χ4v) is 3.76. The van der Waals surface area contributed by atoms with Gasteiger partial charge >= 0.3 is 0 Å². The van der Waals surface area contributed by atoms with Crippen LogP contribution in [0.5, 0.6) is 0 Å². The van der Waals surface area contributed by atoms with E-state index in [-0.39, 0.29) is 0 Å². The summed E-state index contributed by atoms with van der Waals surface area (Å²) in [5.74, 6) is 7.69. The Morgan fingerprint density at radius 1 is 1.29 bits per heavy atom. The minimum absolute atomic E-state index is 0.357. The molecule has 0 N–H and O–H groups in total. The summed E-state index contributed by atoms with van der Waals surface area (Å²) in [5, 5.41) is 0. The van der Waals surface area contributed by atoms with Gasteiger partial charge in [0.1, 0.15) is 0 Å². The lowest BCUT2D eigenvalue weighted by molar-refractivity contribution is 0.511. The first kappa shape index (κ1) is 26.3. The molecule has 0 heteroatoms. The van der Waals surface area contributed by atoms with Crippen molar-refractivity contribution in [3.8, 4) is 11.8 Å². The Kier molecular flexibility index (Phi) is 12.2. The molecule has 164 valence electrons. The Morgan fingerprint density at radius 2 is 2.03 bits per heavy atom. The molecule has 0 saturated carbocycles. The summed E-state index contributed by atoms with van der Waals surface area (Å²) in [6.45, 7) is 20.9. The molecule has 0 bridgehead atoms. The van der Waals surface area contributed by atoms with Crippen molar-refractivity contribution in [2.75, 3.05) is 0 Å². The van der Waals surface area contributed by atoms with E-state index in [9.17, 15) is 0 Å². The van der Waals surface area contributed by atoms with E-state index in [1.165, 1.54) is 16.7 Å². The van der Waals surface area contributed by atoms with Crippen LogP contribution in [0.3, 0.4) is 0 Å². The zero-order chi connectivity index (χ0) is 23.2. The second-order valence-corrected chi connectivity index (χ2v) is 8.23. The molecule has 0 saturated heterocycles. The Hall–Kier alpha value is -2.70. The summed E-state index contributed by atoms with van der Waals surface area (Å²) in [6.07, 6.45) is 19.3. The van der Waals surface area contributed by atoms with Crippen LogP contribution in [-0.2, 0) is 0 Å². The predicted octanol–water partition coefficient (Wildman–Crippen LogP) is 8.85. The highest BCUT2D eigenvalue weighted by molar-refractivity contribution is 5.46. The van der Waals surface area contributed by atoms with Crippen LogP contribution in [0.1, 0.15) is 67.2 Å². The van der Waals surface area contributed by atoms with Crippen molar-refractivity contribution < 1.29 is 0 Å². The van der Waals surface area contributed by atoms with Crippen molar-refractivity contribution in [1.29, 1.82) is 0 Å². The van der Waals surface area contributed by atoms with Crippen LogP contribution in [-0.4, -0.2) is 0 Å². The van der Waals surface area contributed by atoms with Gasteiger partial charge in [-0.05, 0) is 80.7 Å². The van der Waals surface area contributed by atoms with Crippen LogP contribution in [0.15, 0.2) is 95.0 Å². The van der Waals surface area contributed by atoms with E-state index in [4.69, 9.17) is 0 Å². The minimum Gasteiger partial charge on any atom is -0.132 e. The summed E-state index contributed by atoms with van der Waals surface area (Å²) in [5.41, 5.74) is 12.4. The molecule has 1 aliphatic carbocycles. The van der Waals surface area contributed by atoms with Crippen molar-refractivity contribution >= 4 is 0 Å². The molecule has 0 aliphatic heterocycles. The lowest BCUT2D eigenvalue weighted by Gasteiger charge is -2.22. The van der Waals surface area contributed by atoms with E-state index in [1.807, 2.05) is 6.08 Å². The van der Waals surface area contributed by atoms with Crippen molar-refractivity contribution in [3.05, 3.63) is 95.0 Å². The fourth-order valence-electron chi connectivity index (χ4n) is 3.76. The first-order chi connectivity index (χ1) is 14.9. The highest BCUT2D eigenvalue weighted by Crippen LogP contribution is 2.30. The lowest BCUT2D eigenvalue weighted by Crippen LogP contribution is -2.10. The number of allylic oxidation sites excluding steroid dienone is 11. The zero-order valence-corrected chi connectivity index (χ0v) is 20.5. The van der Waals surface area contributed by atoms with Gasteiger partial charge in [-0.1, -0.05) is 81.7 Å². The van der Waals surface area contributed by atoms with Gasteiger partial charge in [0, 0.05) is 17.9 Å². The topological polar surface area (TPSA) is 0 Å². The second-order valence-electron chi connectivity index (χ2n) is 8.23. The smallest absolute Gasteiger partial charge is 0.0205 e. The number of hydrogen-bond donors (Lipinski definition) is 0. The van der Waals surface area contributed by atoms with Gasteiger partial charge in [-0.2, -0.15) is 0 Å². The van der Waals surface area contributed by atoms with Gasteiger partial charge < -0.3 is 0 Å². The molecule has 0 spiro atoms. The molecule has 0 nitrogen and oxygen atoms in total. The van der Waals surface area contributed by atoms with E-state index in [1.54, 1.807) is 0 Å². The van der Waals surface area contributed by atoms with Crippen molar-refractivity contribution in [2.45, 2.75) is 67.2 Å². The van der Waals surface area contributed by atoms with Crippen molar-refractivity contribution in [1.82, 2.24) is 0 Å². The summed E-state index contributed by atoms with van der Waals surface area (Å²) in [7, 11) is 0. The zero-order valence-electron chi connectivity index (χ0n) is 20.5. The first-order valence-corrected chi connectivity index (χ1v) is 11.6. The largest absolute Gasteiger partial charge is 0.132 e. The van der Waals surface area contributed by atoms with E-state index in [2.05, 4.69) is 114 Å². The maximum atomic E-state index is 4.27. The average molecular weight is 413 g/mol. The van der Waals surface area contributed by atoms with E-state index in [0.29, 0.717) is 17.8 Å². The van der Waals surface area contributed by atoms with Gasteiger partial charge in [0.15, 0.2) is 0 Å². The molecule has 0 aromatic rings. The van der Waals surface area contributed by atoms with E-state index >= 15 is 0 Å². The summed E-state index contributed by atoms with van der Waals surface area (Å²) >= 11 is 0. The fraction of sp³-hybridized carbons (Fsp3) is 0.419. The van der Waals surface area contributed by atoms with Crippen LogP contribution in [0.25, 0.3) is 0 Å². The molecular weight excluding hydrogens is 372 g/mol. The molecule has 0 aromatic carbocycles. The summed E-state index contributed by atoms with van der Waals surface area (Å²) in [4.78, 5) is 0. The molecule has 0 heterocycles. The minimum atomic E-state index is 0.357. The average Bonchev–Trinajstić information content (AvgIpc) is 2.77. The summed E-state index contributed by atoms with van der Waals surface area (Å²) in [6, 6.07) is 0. The van der Waals surface area contributed by atoms with Gasteiger partial charge in [-0.25, -0.2) is 0 Å². The molecule has 1 aliphatic rings. The Bertz CT molecular complexity index is 916. The van der Waals surface area contributed by atoms with Crippen LogP contribution >= 0.6 is 0 Å². The third kappa shape index (κ3) is 8.90. The Labute approximate surface area is 191 Å². The van der Waals surface area contributed by atoms with Gasteiger partial charge in [0.25, 0.3) is 0 Å². The Balaban J connectivity index is 3.10. The highest BCUT2D eigenvalue weighted by atomic mass is 14.2. The molecule has 1 rings (SSSR count). The lowest BCUT2D eigenvalue weighted by atomic mass is 9.83. The van der Waals surface area contributed by atoms with E-state index < -0.39 is 0 Å². The van der Waals surface area contributed by atoms with Crippen molar-refractivity contribution in [3.63, 3.8) is 0 Å². The molecule has 3 atom stereocenters. The molecule has 0 radical (unpaired) electrons. The molecule has 0 aromatic heterocycles. The van der Waals surface area contributed by atoms with Gasteiger partial charge in [0.05, 0.1) is 0 Å². The molecule has 31 heavy (non-hydrogen) atoms. The monoisotopic (exact) mass is 412 g/mol. The first-order valence-electron chi connectivity index (χ1n) is 11.6. The third-order valence-electron chi connectivity index (χ3n) is 5.73. The van der Waals surface area contributed by atoms with Crippen LogP contribution in [0, 0.1) is 29.6 Å². The van der Waals surface area contributed by atoms with Crippen LogP contribution < -0.4 is 0 Å². The number of rotatable bonds is 9. The van der Waals surface area contributed by atoms with Gasteiger partial charge in [-0.15, -0.1) is 11.5 Å². The normalized spacial score (nSPS) is 17.9. The Morgan fingerprint density at radius 3 is 2.61 bits per heavy atom. The van der Waals surface area contributed by atoms with Gasteiger partial charge in [0.2, 0.25) is 0 Å². The number of hydrogen-bond acceptors (Lipinski definition) is 0. The highest BCUT2D eigenvalue weighted by Gasteiger charge is 2.17. The maximum absolute atomic E-state index is 4.27. The quantitative estimate of drug-likeness (QED) is 0.201. The summed E-state index contributed by atoms with van der Waals surface area (Å²) < 4.78 is 0. The molecular formula is C31H40. The van der Waals surface area contributed by atoms with E-state index in [0.717, 1.165) is 36.8 Å². The second kappa shape index (κ2) is 14.3. The molecule has 0 amide bonds. The standard InChI is InChI=1S/C31H40/c1-9-13-18-27-19-15-21-30(23-27)26(8)22-31(24(5)6)29(12-4)20-14-17-25(7)28(11-3)16-10-2/h12,14-16,19,22-23,26,28,30H,2,5,9,11,20-21H2,1,3-4,6-8H3.